The van der Waals surface area contributed by atoms with Gasteiger partial charge in [0.05, 0.1) is 23.9 Å². The van der Waals surface area contributed by atoms with Gasteiger partial charge in [-0.25, -0.2) is 14.4 Å². The molecule has 4 aromatic heterocycles. The molecule has 0 bridgehead atoms. The number of nitrogens with one attached hydrogen (secondary N) is 1. The molecule has 0 aliphatic rings. The topological polar surface area (TPSA) is 85.5 Å². The maximum Gasteiger partial charge on any atom is 0.297 e. The van der Waals surface area contributed by atoms with Crippen molar-refractivity contribution in [2.75, 3.05) is 0 Å². The van der Waals surface area contributed by atoms with Gasteiger partial charge in [0.15, 0.2) is 11.4 Å². The van der Waals surface area contributed by atoms with Crippen LogP contribution in [0.25, 0.3) is 28.0 Å². The Balaban J connectivity index is 1.52. The molecule has 1 N–H and O–H groups in total. The van der Waals surface area contributed by atoms with Gasteiger partial charge in [0, 0.05) is 35.1 Å². The monoisotopic (exact) mass is 494 g/mol. The lowest BCUT2D eigenvalue weighted by molar-refractivity contribution is 0.575. The lowest BCUT2D eigenvalue weighted by Crippen LogP contribution is -2.19. The SMILES string of the molecule is Cc1c(N=c2scc(-c3ccco3)n2N=Cc2c[nH]c3ccccc23)c(=O)n(-c2ccccc2)n1C. The Hall–Kier alpha value is -4.63. The van der Waals surface area contributed by atoms with Crippen LogP contribution in [-0.2, 0) is 7.05 Å². The van der Waals surface area contributed by atoms with E-state index in [1.165, 1.54) is 11.3 Å². The number of aromatic amines is 1. The molecule has 6 rings (SSSR count). The number of aromatic nitrogens is 4. The normalized spacial score (nSPS) is 12.3. The first-order valence-corrected chi connectivity index (χ1v) is 12.2. The van der Waals surface area contributed by atoms with E-state index in [1.807, 2.05) is 97.0 Å². The zero-order valence-electron chi connectivity index (χ0n) is 19.6. The maximum atomic E-state index is 13.4. The number of para-hydroxylation sites is 2. The van der Waals surface area contributed by atoms with Gasteiger partial charge < -0.3 is 9.40 Å². The lowest BCUT2D eigenvalue weighted by Gasteiger charge is -2.07. The molecular formula is C27H22N6O2S. The largest absolute Gasteiger partial charge is 0.463 e. The molecule has 0 amide bonds. The molecule has 4 heterocycles. The fraction of sp³-hybridized carbons (Fsp3) is 0.0741. The molecule has 0 atom stereocenters. The summed E-state index contributed by atoms with van der Waals surface area (Å²) < 4.78 is 10.8. The molecule has 178 valence electrons. The summed E-state index contributed by atoms with van der Waals surface area (Å²) in [5, 5.41) is 7.77. The zero-order chi connectivity index (χ0) is 24.6. The van der Waals surface area contributed by atoms with E-state index in [2.05, 4.69) is 4.98 Å². The Labute approximate surface area is 209 Å². The minimum Gasteiger partial charge on any atom is -0.463 e. The van der Waals surface area contributed by atoms with Crippen molar-refractivity contribution < 1.29 is 4.42 Å². The Morgan fingerprint density at radius 1 is 1.03 bits per heavy atom. The number of fused-ring (bicyclic) bond motifs is 1. The fourth-order valence-corrected chi connectivity index (χ4v) is 5.01. The summed E-state index contributed by atoms with van der Waals surface area (Å²) in [7, 11) is 1.86. The minimum absolute atomic E-state index is 0.193. The van der Waals surface area contributed by atoms with Crippen molar-refractivity contribution in [3.05, 3.63) is 111 Å². The quantitative estimate of drug-likeness (QED) is 0.334. The zero-order valence-corrected chi connectivity index (χ0v) is 20.4. The van der Waals surface area contributed by atoms with Gasteiger partial charge >= 0.3 is 0 Å². The summed E-state index contributed by atoms with van der Waals surface area (Å²) in [6.07, 6.45) is 5.33. The van der Waals surface area contributed by atoms with E-state index in [0.717, 1.165) is 33.5 Å². The van der Waals surface area contributed by atoms with Crippen LogP contribution in [0.5, 0.6) is 0 Å². The highest BCUT2D eigenvalue weighted by molar-refractivity contribution is 7.07. The molecule has 0 spiro atoms. The highest BCUT2D eigenvalue weighted by atomic mass is 32.1. The summed E-state index contributed by atoms with van der Waals surface area (Å²) in [4.78, 5) is 22.1. The predicted molar refractivity (Wildman–Crippen MR) is 142 cm³/mol. The second kappa shape index (κ2) is 8.86. The molecule has 2 aromatic carbocycles. The average molecular weight is 495 g/mol. The molecule has 0 fully saturated rings. The average Bonchev–Trinajstić information content (AvgIpc) is 3.68. The van der Waals surface area contributed by atoms with Gasteiger partial charge in [0.2, 0.25) is 4.80 Å². The maximum absolute atomic E-state index is 13.4. The van der Waals surface area contributed by atoms with Crippen LogP contribution in [-0.4, -0.2) is 25.2 Å². The number of benzene rings is 2. The number of rotatable bonds is 5. The lowest BCUT2D eigenvalue weighted by atomic mass is 10.2. The smallest absolute Gasteiger partial charge is 0.297 e. The molecule has 0 aliphatic carbocycles. The Morgan fingerprint density at radius 3 is 2.64 bits per heavy atom. The van der Waals surface area contributed by atoms with Crippen LogP contribution in [0, 0.1) is 6.92 Å². The first kappa shape index (κ1) is 21.9. The van der Waals surface area contributed by atoms with Crippen LogP contribution in [0.3, 0.4) is 0 Å². The molecule has 0 aliphatic heterocycles. The Morgan fingerprint density at radius 2 is 1.83 bits per heavy atom. The Bertz CT molecular complexity index is 1830. The van der Waals surface area contributed by atoms with E-state index in [-0.39, 0.29) is 5.56 Å². The van der Waals surface area contributed by atoms with Crippen LogP contribution >= 0.6 is 11.3 Å². The number of hydrogen-bond acceptors (Lipinski definition) is 5. The molecule has 36 heavy (non-hydrogen) atoms. The van der Waals surface area contributed by atoms with Gasteiger partial charge in [-0.15, -0.1) is 11.3 Å². The van der Waals surface area contributed by atoms with Crippen LogP contribution in [0.1, 0.15) is 11.3 Å². The fourth-order valence-electron chi connectivity index (χ4n) is 4.18. The van der Waals surface area contributed by atoms with Gasteiger partial charge in [-0.05, 0) is 37.3 Å². The highest BCUT2D eigenvalue weighted by Crippen LogP contribution is 2.23. The van der Waals surface area contributed by atoms with Crippen molar-refractivity contribution in [2.45, 2.75) is 6.92 Å². The van der Waals surface area contributed by atoms with Gasteiger partial charge in [-0.3, -0.25) is 9.48 Å². The van der Waals surface area contributed by atoms with Crippen LogP contribution in [0.2, 0.25) is 0 Å². The van der Waals surface area contributed by atoms with Crippen LogP contribution in [0.4, 0.5) is 5.69 Å². The number of hydrogen-bond donors (Lipinski definition) is 1. The predicted octanol–water partition coefficient (Wildman–Crippen LogP) is 5.20. The number of nitrogens with zero attached hydrogens (tertiary/aromatic N) is 5. The van der Waals surface area contributed by atoms with Crippen molar-refractivity contribution in [3.8, 4) is 17.1 Å². The molecular weight excluding hydrogens is 472 g/mol. The second-order valence-corrected chi connectivity index (χ2v) is 9.09. The molecule has 0 radical (unpaired) electrons. The third-order valence-electron chi connectivity index (χ3n) is 6.12. The van der Waals surface area contributed by atoms with Gasteiger partial charge in [-0.1, -0.05) is 36.4 Å². The first-order valence-electron chi connectivity index (χ1n) is 11.4. The van der Waals surface area contributed by atoms with E-state index in [4.69, 9.17) is 14.5 Å². The summed E-state index contributed by atoms with van der Waals surface area (Å²) in [6, 6.07) is 21.3. The van der Waals surface area contributed by atoms with Crippen LogP contribution in [0.15, 0.2) is 104 Å². The Kier molecular flexibility index (Phi) is 5.38. The van der Waals surface area contributed by atoms with Crippen molar-refractivity contribution in [1.82, 2.24) is 19.0 Å². The summed E-state index contributed by atoms with van der Waals surface area (Å²) >= 11 is 1.40. The minimum atomic E-state index is -0.193. The number of H-pyrrole nitrogens is 1. The molecule has 9 heteroatoms. The molecule has 0 saturated heterocycles. The van der Waals surface area contributed by atoms with Crippen molar-refractivity contribution in [1.29, 1.82) is 0 Å². The molecule has 8 nitrogen and oxygen atoms in total. The van der Waals surface area contributed by atoms with Gasteiger partial charge in [-0.2, -0.15) is 5.10 Å². The summed E-state index contributed by atoms with van der Waals surface area (Å²) in [5.74, 6) is 0.662. The van der Waals surface area contributed by atoms with Crippen molar-refractivity contribution in [2.24, 2.45) is 17.1 Å². The van der Waals surface area contributed by atoms with Crippen molar-refractivity contribution >= 4 is 34.1 Å². The highest BCUT2D eigenvalue weighted by Gasteiger charge is 2.17. The van der Waals surface area contributed by atoms with E-state index in [9.17, 15) is 4.79 Å². The van der Waals surface area contributed by atoms with Gasteiger partial charge in [0.1, 0.15) is 5.69 Å². The van der Waals surface area contributed by atoms with E-state index >= 15 is 0 Å². The summed E-state index contributed by atoms with van der Waals surface area (Å²) in [5.41, 5.74) is 4.43. The third kappa shape index (κ3) is 3.66. The number of thiazole rings is 1. The second-order valence-electron chi connectivity index (χ2n) is 8.25. The standard InChI is InChI=1S/C27H22N6O2S/c1-18-25(26(34)33(31(18)2)20-9-4-3-5-10-20)30-27-32(23(17-36-27)24-13-8-14-35-24)29-16-19-15-28-22-12-7-6-11-21(19)22/h3-17,28H,1-2H3. The first-order chi connectivity index (χ1) is 17.6. The molecule has 6 aromatic rings. The molecule has 0 unspecified atom stereocenters. The summed E-state index contributed by atoms with van der Waals surface area (Å²) in [6.45, 7) is 1.89. The third-order valence-corrected chi connectivity index (χ3v) is 6.94. The van der Waals surface area contributed by atoms with Crippen LogP contribution < -0.4 is 10.4 Å². The van der Waals surface area contributed by atoms with E-state index < -0.39 is 0 Å². The van der Waals surface area contributed by atoms with Gasteiger partial charge in [0.25, 0.3) is 5.56 Å². The molecule has 0 saturated carbocycles. The van der Waals surface area contributed by atoms with E-state index in [1.54, 1.807) is 21.8 Å². The van der Waals surface area contributed by atoms with Crippen molar-refractivity contribution in [3.63, 3.8) is 0 Å². The number of furan rings is 1. The van der Waals surface area contributed by atoms with E-state index in [0.29, 0.717) is 16.2 Å².